The van der Waals surface area contributed by atoms with E-state index in [-0.39, 0.29) is 22.9 Å². The van der Waals surface area contributed by atoms with Crippen LogP contribution in [-0.4, -0.2) is 38.7 Å². The number of aromatic nitrogens is 3. The fourth-order valence-electron chi connectivity index (χ4n) is 3.38. The molecule has 0 saturated carbocycles. The van der Waals surface area contributed by atoms with E-state index in [0.29, 0.717) is 19.6 Å². The number of aromatic amines is 1. The van der Waals surface area contributed by atoms with Crippen LogP contribution in [0.3, 0.4) is 0 Å². The number of likely N-dealkylation sites (tertiary alicyclic amines) is 1. The number of amides is 1. The van der Waals surface area contributed by atoms with Crippen LogP contribution in [0.1, 0.15) is 50.9 Å². The SMILES string of the molecule is CC(C)(C)C(=O)N1CCC(c2n[nH]c(=O)n2Cc2ccccc2)CC1. The maximum absolute atomic E-state index is 12.4. The second-order valence-electron chi connectivity index (χ2n) is 7.78. The van der Waals surface area contributed by atoms with Crippen molar-refractivity contribution in [1.29, 1.82) is 0 Å². The van der Waals surface area contributed by atoms with E-state index in [1.807, 2.05) is 56.0 Å². The van der Waals surface area contributed by atoms with Crippen LogP contribution in [0.5, 0.6) is 0 Å². The van der Waals surface area contributed by atoms with Crippen molar-refractivity contribution in [3.63, 3.8) is 0 Å². The second kappa shape index (κ2) is 6.86. The van der Waals surface area contributed by atoms with Gasteiger partial charge < -0.3 is 4.90 Å². The molecule has 1 aromatic carbocycles. The highest BCUT2D eigenvalue weighted by molar-refractivity contribution is 5.81. The molecule has 1 amide bonds. The van der Waals surface area contributed by atoms with E-state index in [4.69, 9.17) is 0 Å². The smallest absolute Gasteiger partial charge is 0.342 e. The molecular formula is C19H26N4O2. The van der Waals surface area contributed by atoms with Gasteiger partial charge in [0.25, 0.3) is 0 Å². The summed E-state index contributed by atoms with van der Waals surface area (Å²) in [5.41, 5.74) is 0.550. The van der Waals surface area contributed by atoms with Gasteiger partial charge in [-0.15, -0.1) is 0 Å². The molecule has 0 unspecified atom stereocenters. The Labute approximate surface area is 147 Å². The molecule has 0 radical (unpaired) electrons. The first-order chi connectivity index (χ1) is 11.9. The highest BCUT2D eigenvalue weighted by Crippen LogP contribution is 2.28. The molecule has 1 saturated heterocycles. The van der Waals surface area contributed by atoms with Crippen LogP contribution in [-0.2, 0) is 11.3 Å². The zero-order valence-corrected chi connectivity index (χ0v) is 15.2. The molecule has 3 rings (SSSR count). The highest BCUT2D eigenvalue weighted by atomic mass is 16.2. The fraction of sp³-hybridized carbons (Fsp3) is 0.526. The molecule has 6 nitrogen and oxygen atoms in total. The van der Waals surface area contributed by atoms with Crippen molar-refractivity contribution in [2.24, 2.45) is 5.41 Å². The van der Waals surface area contributed by atoms with Gasteiger partial charge in [0.15, 0.2) is 0 Å². The minimum atomic E-state index is -0.353. The summed E-state index contributed by atoms with van der Waals surface area (Å²) in [5, 5.41) is 6.87. The number of piperidine rings is 1. The second-order valence-corrected chi connectivity index (χ2v) is 7.78. The average molecular weight is 342 g/mol. The number of hydrogen-bond acceptors (Lipinski definition) is 3. The molecule has 0 spiro atoms. The minimum Gasteiger partial charge on any atom is -0.342 e. The van der Waals surface area contributed by atoms with Crippen LogP contribution in [0.25, 0.3) is 0 Å². The molecule has 1 aliphatic rings. The molecule has 1 fully saturated rings. The summed E-state index contributed by atoms with van der Waals surface area (Å²) in [5.74, 6) is 1.19. The Balaban J connectivity index is 1.72. The molecule has 134 valence electrons. The number of carbonyl (C=O) groups is 1. The van der Waals surface area contributed by atoms with Crippen LogP contribution in [0.15, 0.2) is 35.1 Å². The standard InChI is InChI=1S/C19H26N4O2/c1-19(2,3)17(24)22-11-9-15(10-12-22)16-20-21-18(25)23(16)13-14-7-5-4-6-8-14/h4-8,15H,9-13H2,1-3H3,(H,21,25). The van der Waals surface area contributed by atoms with E-state index in [1.165, 1.54) is 0 Å². The molecule has 0 bridgehead atoms. The van der Waals surface area contributed by atoms with Gasteiger partial charge in [0, 0.05) is 24.4 Å². The lowest BCUT2D eigenvalue weighted by Crippen LogP contribution is -2.44. The number of rotatable bonds is 3. The summed E-state index contributed by atoms with van der Waals surface area (Å²) < 4.78 is 1.72. The van der Waals surface area contributed by atoms with Gasteiger partial charge in [-0.05, 0) is 18.4 Å². The van der Waals surface area contributed by atoms with Gasteiger partial charge in [0.1, 0.15) is 5.82 Å². The number of carbonyl (C=O) groups excluding carboxylic acids is 1. The Morgan fingerprint density at radius 2 is 1.84 bits per heavy atom. The lowest BCUT2D eigenvalue weighted by molar-refractivity contribution is -0.140. The van der Waals surface area contributed by atoms with Crippen LogP contribution >= 0.6 is 0 Å². The molecule has 1 N–H and O–H groups in total. The number of nitrogens with one attached hydrogen (secondary N) is 1. The minimum absolute atomic E-state index is 0.174. The Morgan fingerprint density at radius 3 is 2.44 bits per heavy atom. The lowest BCUT2D eigenvalue weighted by atomic mass is 9.90. The topological polar surface area (TPSA) is 71.0 Å². The zero-order valence-electron chi connectivity index (χ0n) is 15.2. The predicted molar refractivity (Wildman–Crippen MR) is 96.4 cm³/mol. The molecular weight excluding hydrogens is 316 g/mol. The Hall–Kier alpha value is -2.37. The first-order valence-electron chi connectivity index (χ1n) is 8.84. The van der Waals surface area contributed by atoms with E-state index in [2.05, 4.69) is 10.2 Å². The van der Waals surface area contributed by atoms with Crippen molar-refractivity contribution in [2.45, 2.75) is 46.1 Å². The maximum Gasteiger partial charge on any atom is 0.343 e. The predicted octanol–water partition coefficient (Wildman–Crippen LogP) is 2.37. The third-order valence-electron chi connectivity index (χ3n) is 4.76. The van der Waals surface area contributed by atoms with Crippen LogP contribution in [0.2, 0.25) is 0 Å². The van der Waals surface area contributed by atoms with Crippen LogP contribution in [0.4, 0.5) is 0 Å². The van der Waals surface area contributed by atoms with Crippen molar-refractivity contribution >= 4 is 5.91 Å². The van der Waals surface area contributed by atoms with E-state index in [9.17, 15) is 9.59 Å². The summed E-state index contributed by atoms with van der Waals surface area (Å²) in [7, 11) is 0. The van der Waals surface area contributed by atoms with Crippen LogP contribution in [0, 0.1) is 5.41 Å². The summed E-state index contributed by atoms with van der Waals surface area (Å²) in [4.78, 5) is 26.5. The summed E-state index contributed by atoms with van der Waals surface area (Å²) >= 11 is 0. The highest BCUT2D eigenvalue weighted by Gasteiger charge is 2.32. The lowest BCUT2D eigenvalue weighted by Gasteiger charge is -2.35. The summed E-state index contributed by atoms with van der Waals surface area (Å²) in [6.45, 7) is 7.80. The van der Waals surface area contributed by atoms with Gasteiger partial charge in [-0.25, -0.2) is 9.89 Å². The van der Waals surface area contributed by atoms with Gasteiger partial charge >= 0.3 is 5.69 Å². The Kier molecular flexibility index (Phi) is 4.79. The monoisotopic (exact) mass is 342 g/mol. The molecule has 2 aromatic rings. The van der Waals surface area contributed by atoms with Gasteiger partial charge in [-0.1, -0.05) is 51.1 Å². The quantitative estimate of drug-likeness (QED) is 0.931. The third kappa shape index (κ3) is 3.83. The summed E-state index contributed by atoms with van der Waals surface area (Å²) in [6.07, 6.45) is 1.67. The molecule has 0 atom stereocenters. The molecule has 2 heterocycles. The van der Waals surface area contributed by atoms with Gasteiger partial charge in [0.05, 0.1) is 6.54 Å². The maximum atomic E-state index is 12.4. The fourth-order valence-corrected chi connectivity index (χ4v) is 3.38. The third-order valence-corrected chi connectivity index (χ3v) is 4.76. The van der Waals surface area contributed by atoms with Crippen LogP contribution < -0.4 is 5.69 Å². The van der Waals surface area contributed by atoms with Crippen molar-refractivity contribution in [2.75, 3.05) is 13.1 Å². The largest absolute Gasteiger partial charge is 0.343 e. The first kappa shape index (κ1) is 17.5. The average Bonchev–Trinajstić information content (AvgIpc) is 2.95. The molecule has 6 heteroatoms. The molecule has 25 heavy (non-hydrogen) atoms. The van der Waals surface area contributed by atoms with E-state index >= 15 is 0 Å². The summed E-state index contributed by atoms with van der Waals surface area (Å²) in [6, 6.07) is 9.92. The number of nitrogens with zero attached hydrogens (tertiary/aromatic N) is 3. The normalized spacial score (nSPS) is 16.2. The Bertz CT molecular complexity index is 778. The van der Waals surface area contributed by atoms with Crippen molar-refractivity contribution in [3.05, 3.63) is 52.2 Å². The van der Waals surface area contributed by atoms with Crippen molar-refractivity contribution < 1.29 is 4.79 Å². The first-order valence-corrected chi connectivity index (χ1v) is 8.84. The Morgan fingerprint density at radius 1 is 1.20 bits per heavy atom. The van der Waals surface area contributed by atoms with E-state index < -0.39 is 0 Å². The van der Waals surface area contributed by atoms with E-state index in [1.54, 1.807) is 4.57 Å². The van der Waals surface area contributed by atoms with Gasteiger partial charge in [0.2, 0.25) is 5.91 Å². The molecule has 1 aromatic heterocycles. The number of H-pyrrole nitrogens is 1. The van der Waals surface area contributed by atoms with Crippen molar-refractivity contribution in [1.82, 2.24) is 19.7 Å². The van der Waals surface area contributed by atoms with Crippen molar-refractivity contribution in [3.8, 4) is 0 Å². The van der Waals surface area contributed by atoms with E-state index in [0.717, 1.165) is 24.2 Å². The zero-order chi connectivity index (χ0) is 18.0. The van der Waals surface area contributed by atoms with Gasteiger partial charge in [-0.3, -0.25) is 9.36 Å². The molecule has 1 aliphatic heterocycles. The molecule has 0 aliphatic carbocycles. The van der Waals surface area contributed by atoms with Gasteiger partial charge in [-0.2, -0.15) is 5.10 Å². The number of hydrogen-bond donors (Lipinski definition) is 1. The number of benzene rings is 1.